The molecule has 1 aromatic carbocycles. The molecular formula is C17H26N2O3. The lowest BCUT2D eigenvalue weighted by molar-refractivity contribution is -0.119. The largest absolute Gasteiger partial charge is 0.494 e. The molecule has 2 unspecified atom stereocenters. The zero-order valence-electron chi connectivity index (χ0n) is 13.4. The van der Waals surface area contributed by atoms with Crippen molar-refractivity contribution in [2.75, 3.05) is 25.1 Å². The molecule has 2 rings (SSSR count). The number of nitrogens with zero attached hydrogens (tertiary/aromatic N) is 1. The van der Waals surface area contributed by atoms with E-state index in [-0.39, 0.29) is 18.6 Å². The van der Waals surface area contributed by atoms with Gasteiger partial charge in [0.05, 0.1) is 19.8 Å². The van der Waals surface area contributed by atoms with Crippen LogP contribution >= 0.6 is 0 Å². The Bertz CT molecular complexity index is 475. The summed E-state index contributed by atoms with van der Waals surface area (Å²) in [4.78, 5) is 14.3. The Morgan fingerprint density at radius 1 is 1.36 bits per heavy atom. The minimum Gasteiger partial charge on any atom is -0.494 e. The number of anilines is 1. The number of aliphatic hydroxyl groups is 1. The van der Waals surface area contributed by atoms with Crippen LogP contribution in [0.4, 0.5) is 5.69 Å². The zero-order valence-corrected chi connectivity index (χ0v) is 13.4. The third-order valence-electron chi connectivity index (χ3n) is 4.18. The lowest BCUT2D eigenvalue weighted by atomic mass is 9.97. The van der Waals surface area contributed by atoms with Crippen molar-refractivity contribution in [2.24, 2.45) is 0 Å². The smallest absolute Gasteiger partial charge is 0.238 e. The van der Waals surface area contributed by atoms with Crippen molar-refractivity contribution in [3.05, 3.63) is 24.3 Å². The summed E-state index contributed by atoms with van der Waals surface area (Å²) in [6, 6.07) is 7.79. The van der Waals surface area contributed by atoms with E-state index in [0.717, 1.165) is 30.7 Å². The molecule has 5 heteroatoms. The van der Waals surface area contributed by atoms with Gasteiger partial charge in [-0.3, -0.25) is 9.69 Å². The summed E-state index contributed by atoms with van der Waals surface area (Å²) in [5, 5.41) is 12.4. The van der Waals surface area contributed by atoms with Crippen LogP contribution in [0.3, 0.4) is 0 Å². The molecule has 5 nitrogen and oxygen atoms in total. The van der Waals surface area contributed by atoms with Crippen molar-refractivity contribution in [1.29, 1.82) is 0 Å². The number of carbonyl (C=O) groups excluding carboxylic acids is 1. The molecule has 1 amide bonds. The molecule has 2 N–H and O–H groups in total. The van der Waals surface area contributed by atoms with E-state index in [4.69, 9.17) is 4.74 Å². The van der Waals surface area contributed by atoms with Gasteiger partial charge in [0.25, 0.3) is 0 Å². The molecule has 0 saturated carbocycles. The number of hydrogen-bond donors (Lipinski definition) is 2. The van der Waals surface area contributed by atoms with Gasteiger partial charge in [0.2, 0.25) is 5.91 Å². The highest BCUT2D eigenvalue weighted by atomic mass is 16.5. The molecule has 22 heavy (non-hydrogen) atoms. The number of piperidine rings is 1. The molecular weight excluding hydrogens is 280 g/mol. The Labute approximate surface area is 132 Å². The van der Waals surface area contributed by atoms with Gasteiger partial charge in [0.1, 0.15) is 5.75 Å². The Morgan fingerprint density at radius 3 is 2.73 bits per heavy atom. The maximum atomic E-state index is 12.2. The number of amides is 1. The third kappa shape index (κ3) is 4.45. The molecule has 1 aliphatic heterocycles. The fourth-order valence-corrected chi connectivity index (χ4v) is 2.99. The van der Waals surface area contributed by atoms with Crippen molar-refractivity contribution < 1.29 is 14.6 Å². The number of hydrogen-bond acceptors (Lipinski definition) is 4. The molecule has 0 aliphatic carbocycles. The number of aliphatic hydroxyl groups excluding tert-OH is 1. The van der Waals surface area contributed by atoms with Gasteiger partial charge in [0, 0.05) is 17.8 Å². The first-order chi connectivity index (χ1) is 10.6. The van der Waals surface area contributed by atoms with Gasteiger partial charge in [-0.1, -0.05) is 6.42 Å². The molecule has 1 aromatic rings. The van der Waals surface area contributed by atoms with Gasteiger partial charge in [0.15, 0.2) is 0 Å². The standard InChI is InChI=1S/C17H26N2O3/c1-3-22-16-9-7-14(8-10-16)18-17(21)11-19-13(2)5-4-6-15(19)12-20/h7-10,13,15,20H,3-6,11-12H2,1-2H3,(H,18,21). The molecule has 2 atom stereocenters. The lowest BCUT2D eigenvalue weighted by Crippen LogP contribution is -2.50. The van der Waals surface area contributed by atoms with Gasteiger partial charge in [-0.05, 0) is 51.0 Å². The quantitative estimate of drug-likeness (QED) is 0.846. The summed E-state index contributed by atoms with van der Waals surface area (Å²) in [5.74, 6) is 0.752. The third-order valence-corrected chi connectivity index (χ3v) is 4.18. The number of likely N-dealkylation sites (tertiary alicyclic amines) is 1. The monoisotopic (exact) mass is 306 g/mol. The first-order valence-corrected chi connectivity index (χ1v) is 8.03. The van der Waals surface area contributed by atoms with Gasteiger partial charge >= 0.3 is 0 Å². The molecule has 1 fully saturated rings. The van der Waals surface area contributed by atoms with Crippen LogP contribution in [0.1, 0.15) is 33.1 Å². The van der Waals surface area contributed by atoms with Crippen molar-refractivity contribution in [1.82, 2.24) is 4.90 Å². The van der Waals surface area contributed by atoms with Crippen molar-refractivity contribution in [3.8, 4) is 5.75 Å². The van der Waals surface area contributed by atoms with Crippen LogP contribution < -0.4 is 10.1 Å². The van der Waals surface area contributed by atoms with Crippen LogP contribution in [0.5, 0.6) is 5.75 Å². The summed E-state index contributed by atoms with van der Waals surface area (Å²) < 4.78 is 5.38. The van der Waals surface area contributed by atoms with Crippen molar-refractivity contribution in [3.63, 3.8) is 0 Å². The minimum absolute atomic E-state index is 0.0450. The number of carbonyl (C=O) groups is 1. The van der Waals surface area contributed by atoms with E-state index in [2.05, 4.69) is 17.1 Å². The van der Waals surface area contributed by atoms with Crippen LogP contribution in [-0.4, -0.2) is 47.8 Å². The van der Waals surface area contributed by atoms with Gasteiger partial charge in [-0.2, -0.15) is 0 Å². The second kappa shape index (κ2) is 8.15. The number of ether oxygens (including phenoxy) is 1. The van der Waals surface area contributed by atoms with Gasteiger partial charge < -0.3 is 15.2 Å². The molecule has 122 valence electrons. The van der Waals surface area contributed by atoms with Crippen LogP contribution in [-0.2, 0) is 4.79 Å². The van der Waals surface area contributed by atoms with Crippen LogP contribution in [0, 0.1) is 0 Å². The molecule has 0 aromatic heterocycles. The summed E-state index contributed by atoms with van der Waals surface area (Å²) in [6.07, 6.45) is 3.15. The van der Waals surface area contributed by atoms with E-state index in [1.165, 1.54) is 0 Å². The average Bonchev–Trinajstić information content (AvgIpc) is 2.51. The summed E-state index contributed by atoms with van der Waals surface area (Å²) in [6.45, 7) is 5.11. The second-order valence-corrected chi connectivity index (χ2v) is 5.79. The highest BCUT2D eigenvalue weighted by molar-refractivity contribution is 5.92. The second-order valence-electron chi connectivity index (χ2n) is 5.79. The topological polar surface area (TPSA) is 61.8 Å². The number of benzene rings is 1. The molecule has 0 spiro atoms. The van der Waals surface area contributed by atoms with E-state index >= 15 is 0 Å². The lowest BCUT2D eigenvalue weighted by Gasteiger charge is -2.39. The minimum atomic E-state index is -0.0450. The van der Waals surface area contributed by atoms with Crippen molar-refractivity contribution >= 4 is 11.6 Å². The maximum Gasteiger partial charge on any atom is 0.238 e. The van der Waals surface area contributed by atoms with E-state index in [1.807, 2.05) is 31.2 Å². The summed E-state index contributed by atoms with van der Waals surface area (Å²) >= 11 is 0. The van der Waals surface area contributed by atoms with E-state index in [1.54, 1.807) is 0 Å². The summed E-state index contributed by atoms with van der Waals surface area (Å²) in [7, 11) is 0. The first kappa shape index (κ1) is 16.8. The van der Waals surface area contributed by atoms with Crippen molar-refractivity contribution in [2.45, 2.75) is 45.2 Å². The van der Waals surface area contributed by atoms with E-state index in [9.17, 15) is 9.90 Å². The Morgan fingerprint density at radius 2 is 2.09 bits per heavy atom. The highest BCUT2D eigenvalue weighted by Gasteiger charge is 2.28. The Balaban J connectivity index is 1.91. The molecule has 1 heterocycles. The first-order valence-electron chi connectivity index (χ1n) is 8.03. The summed E-state index contributed by atoms with van der Waals surface area (Å²) in [5.41, 5.74) is 0.763. The predicted molar refractivity (Wildman–Crippen MR) is 87.1 cm³/mol. The van der Waals surface area contributed by atoms with Gasteiger partial charge in [-0.15, -0.1) is 0 Å². The SMILES string of the molecule is CCOc1ccc(NC(=O)CN2C(C)CCCC2CO)cc1. The van der Waals surface area contributed by atoms with Crippen LogP contribution in [0.2, 0.25) is 0 Å². The fraction of sp³-hybridized carbons (Fsp3) is 0.588. The van der Waals surface area contributed by atoms with E-state index in [0.29, 0.717) is 19.2 Å². The van der Waals surface area contributed by atoms with Crippen LogP contribution in [0.25, 0.3) is 0 Å². The average molecular weight is 306 g/mol. The Kier molecular flexibility index (Phi) is 6.21. The molecule has 1 saturated heterocycles. The zero-order chi connectivity index (χ0) is 15.9. The maximum absolute atomic E-state index is 12.2. The molecule has 1 aliphatic rings. The number of nitrogens with one attached hydrogen (secondary N) is 1. The number of rotatable bonds is 6. The Hall–Kier alpha value is -1.59. The fourth-order valence-electron chi connectivity index (χ4n) is 2.99. The predicted octanol–water partition coefficient (Wildman–Crippen LogP) is 2.26. The molecule has 0 bridgehead atoms. The van der Waals surface area contributed by atoms with Crippen LogP contribution in [0.15, 0.2) is 24.3 Å². The van der Waals surface area contributed by atoms with Gasteiger partial charge in [-0.25, -0.2) is 0 Å². The molecule has 0 radical (unpaired) electrons. The normalized spacial score (nSPS) is 22.3. The van der Waals surface area contributed by atoms with E-state index < -0.39 is 0 Å². The highest BCUT2D eigenvalue weighted by Crippen LogP contribution is 2.22.